The van der Waals surface area contributed by atoms with E-state index in [1.54, 1.807) is 0 Å². The summed E-state index contributed by atoms with van der Waals surface area (Å²) < 4.78 is 42.6. The van der Waals surface area contributed by atoms with Crippen molar-refractivity contribution in [1.82, 2.24) is 0 Å². The van der Waals surface area contributed by atoms with Crippen molar-refractivity contribution in [3.63, 3.8) is 0 Å². The smallest absolute Gasteiger partial charge is 0.432 e. The second-order valence-electron chi connectivity index (χ2n) is 3.05. The summed E-state index contributed by atoms with van der Waals surface area (Å²) in [5.41, 5.74) is -3.77. The predicted octanol–water partition coefficient (Wildman–Crippen LogP) is 2.60. The first-order valence-electron chi connectivity index (χ1n) is 4.27. The molecule has 0 saturated carbocycles. The number of rotatable bonds is 3. The van der Waals surface area contributed by atoms with Gasteiger partial charge in [-0.3, -0.25) is 0 Å². The highest BCUT2D eigenvalue weighted by molar-refractivity contribution is 5.85. The van der Waals surface area contributed by atoms with Crippen molar-refractivity contribution >= 4 is 18.4 Å². The van der Waals surface area contributed by atoms with Crippen LogP contribution in [0.5, 0.6) is 0 Å². The molecule has 1 aromatic carbocycles. The number of carboxylic acid groups (broad SMARTS) is 1. The van der Waals surface area contributed by atoms with Crippen LogP contribution in [0.1, 0.15) is 5.56 Å². The van der Waals surface area contributed by atoms with Crippen LogP contribution in [0, 0.1) is 0 Å². The topological polar surface area (TPSA) is 46.5 Å². The van der Waals surface area contributed by atoms with Gasteiger partial charge in [-0.25, -0.2) is 4.79 Å². The monoisotopic (exact) mass is 270 g/mol. The van der Waals surface area contributed by atoms with E-state index in [1.165, 1.54) is 18.2 Å². The Morgan fingerprint density at radius 1 is 1.24 bits per heavy atom. The third-order valence-electron chi connectivity index (χ3n) is 2.19. The Hall–Kier alpha value is -1.27. The summed E-state index contributed by atoms with van der Waals surface area (Å²) >= 11 is 0. The second-order valence-corrected chi connectivity index (χ2v) is 3.05. The molecule has 96 valence electrons. The van der Waals surface area contributed by atoms with E-state index in [0.717, 1.165) is 12.1 Å². The van der Waals surface area contributed by atoms with E-state index in [0.29, 0.717) is 7.11 Å². The third-order valence-corrected chi connectivity index (χ3v) is 2.19. The van der Waals surface area contributed by atoms with Gasteiger partial charge in [-0.05, 0) is 0 Å². The van der Waals surface area contributed by atoms with Gasteiger partial charge in [0.25, 0.3) is 5.60 Å². The average molecular weight is 271 g/mol. The van der Waals surface area contributed by atoms with Crippen LogP contribution < -0.4 is 0 Å². The maximum absolute atomic E-state index is 12.8. The van der Waals surface area contributed by atoms with Crippen LogP contribution in [-0.4, -0.2) is 24.4 Å². The van der Waals surface area contributed by atoms with Gasteiger partial charge in [0, 0.05) is 12.7 Å². The van der Waals surface area contributed by atoms with Crippen molar-refractivity contribution in [3.8, 4) is 0 Å². The number of halogens is 4. The lowest BCUT2D eigenvalue weighted by Crippen LogP contribution is -2.50. The molecule has 0 aliphatic carbocycles. The molecule has 1 N–H and O–H groups in total. The van der Waals surface area contributed by atoms with Crippen LogP contribution in [0.2, 0.25) is 0 Å². The van der Waals surface area contributed by atoms with Gasteiger partial charge in [-0.15, -0.1) is 12.4 Å². The highest BCUT2D eigenvalue weighted by atomic mass is 35.5. The van der Waals surface area contributed by atoms with Gasteiger partial charge in [0.1, 0.15) is 0 Å². The first kappa shape index (κ1) is 15.7. The van der Waals surface area contributed by atoms with E-state index in [1.807, 2.05) is 0 Å². The minimum atomic E-state index is -5.03. The average Bonchev–Trinajstić information content (AvgIpc) is 2.18. The van der Waals surface area contributed by atoms with Crippen molar-refractivity contribution in [2.45, 2.75) is 11.8 Å². The molecular weight excluding hydrogens is 261 g/mol. The standard InChI is InChI=1S/C10H9F3O3.ClH/c1-16-9(8(14)15,10(11,12)13)7-5-3-2-4-6-7;/h2-6H,1H3,(H,14,15);1H. The van der Waals surface area contributed by atoms with Crippen LogP contribution in [0.25, 0.3) is 0 Å². The lowest BCUT2D eigenvalue weighted by atomic mass is 9.93. The molecule has 7 heteroatoms. The Bertz CT molecular complexity index is 380. The van der Waals surface area contributed by atoms with Gasteiger partial charge in [0.2, 0.25) is 0 Å². The summed E-state index contributed by atoms with van der Waals surface area (Å²) in [4.78, 5) is 10.9. The van der Waals surface area contributed by atoms with Gasteiger partial charge < -0.3 is 9.84 Å². The SMILES string of the molecule is COC(C(=O)O)(c1ccccc1)C(F)(F)F.Cl. The van der Waals surface area contributed by atoms with E-state index in [9.17, 15) is 18.0 Å². The predicted molar refractivity (Wildman–Crippen MR) is 56.1 cm³/mol. The van der Waals surface area contributed by atoms with Crippen LogP contribution in [0.15, 0.2) is 30.3 Å². The lowest BCUT2D eigenvalue weighted by molar-refractivity contribution is -0.273. The summed E-state index contributed by atoms with van der Waals surface area (Å²) in [5.74, 6) is -2.09. The highest BCUT2D eigenvalue weighted by Crippen LogP contribution is 2.41. The molecule has 1 rings (SSSR count). The fourth-order valence-electron chi connectivity index (χ4n) is 1.40. The Labute approximate surface area is 102 Å². The molecule has 0 aliphatic heterocycles. The molecule has 0 bridgehead atoms. The first-order chi connectivity index (χ1) is 7.36. The molecule has 0 fully saturated rings. The largest absolute Gasteiger partial charge is 0.479 e. The Morgan fingerprint density at radius 2 is 1.71 bits per heavy atom. The fraction of sp³-hybridized carbons (Fsp3) is 0.300. The molecule has 0 spiro atoms. The Kier molecular flexibility index (Phi) is 4.97. The first-order valence-corrected chi connectivity index (χ1v) is 4.27. The van der Waals surface area contributed by atoms with Crippen molar-refractivity contribution in [2.24, 2.45) is 0 Å². The van der Waals surface area contributed by atoms with Crippen LogP contribution >= 0.6 is 12.4 Å². The number of carboxylic acids is 1. The minimum Gasteiger partial charge on any atom is -0.479 e. The number of carbonyl (C=O) groups is 1. The summed E-state index contributed by atoms with van der Waals surface area (Å²) in [7, 11) is 0.717. The highest BCUT2D eigenvalue weighted by Gasteiger charge is 2.63. The van der Waals surface area contributed by atoms with Gasteiger partial charge in [0.05, 0.1) is 0 Å². The van der Waals surface area contributed by atoms with Crippen molar-refractivity contribution in [2.75, 3.05) is 7.11 Å². The number of alkyl halides is 3. The number of hydrogen-bond acceptors (Lipinski definition) is 2. The molecule has 1 aromatic rings. The molecule has 1 unspecified atom stereocenters. The second kappa shape index (κ2) is 5.37. The number of benzene rings is 1. The summed E-state index contributed by atoms with van der Waals surface area (Å²) in [5, 5.41) is 8.77. The summed E-state index contributed by atoms with van der Waals surface area (Å²) in [6.45, 7) is 0. The molecule has 0 saturated heterocycles. The number of aliphatic carboxylic acids is 1. The van der Waals surface area contributed by atoms with E-state index in [2.05, 4.69) is 4.74 Å². The molecule has 0 aliphatic rings. The molecule has 1 atom stereocenters. The Balaban J connectivity index is 0.00000256. The van der Waals surface area contributed by atoms with Gasteiger partial charge >= 0.3 is 12.1 Å². The van der Waals surface area contributed by atoms with E-state index < -0.39 is 23.3 Å². The summed E-state index contributed by atoms with van der Waals surface area (Å²) in [6, 6.07) is 6.24. The molecule has 0 amide bonds. The quantitative estimate of drug-likeness (QED) is 0.918. The van der Waals surface area contributed by atoms with Gasteiger partial charge in [0.15, 0.2) is 0 Å². The molecule has 0 radical (unpaired) electrons. The molecule has 3 nitrogen and oxygen atoms in total. The summed E-state index contributed by atoms with van der Waals surface area (Å²) in [6.07, 6.45) is -5.03. The molecular formula is C10H10ClF3O3. The van der Waals surface area contributed by atoms with Crippen molar-refractivity contribution in [1.29, 1.82) is 0 Å². The van der Waals surface area contributed by atoms with Gasteiger partial charge in [-0.1, -0.05) is 30.3 Å². The zero-order valence-electron chi connectivity index (χ0n) is 8.69. The minimum absolute atomic E-state index is 0. The molecule has 17 heavy (non-hydrogen) atoms. The molecule has 0 aromatic heterocycles. The number of methoxy groups -OCH3 is 1. The van der Waals surface area contributed by atoms with E-state index >= 15 is 0 Å². The van der Waals surface area contributed by atoms with Gasteiger partial charge in [-0.2, -0.15) is 13.2 Å². The maximum atomic E-state index is 12.8. The fourth-order valence-corrected chi connectivity index (χ4v) is 1.40. The number of hydrogen-bond donors (Lipinski definition) is 1. The van der Waals surface area contributed by atoms with E-state index in [-0.39, 0.29) is 12.4 Å². The zero-order valence-corrected chi connectivity index (χ0v) is 9.51. The number of ether oxygens (including phenoxy) is 1. The maximum Gasteiger partial charge on any atom is 0.432 e. The zero-order chi connectivity index (χ0) is 12.4. The van der Waals surface area contributed by atoms with Crippen molar-refractivity contribution in [3.05, 3.63) is 35.9 Å². The third kappa shape index (κ3) is 2.53. The van der Waals surface area contributed by atoms with Crippen molar-refractivity contribution < 1.29 is 27.8 Å². The van der Waals surface area contributed by atoms with E-state index in [4.69, 9.17) is 5.11 Å². The molecule has 0 heterocycles. The normalized spacial score (nSPS) is 14.6. The lowest BCUT2D eigenvalue weighted by Gasteiger charge is -2.30. The van der Waals surface area contributed by atoms with Crippen LogP contribution in [0.4, 0.5) is 13.2 Å². The Morgan fingerprint density at radius 3 is 2.00 bits per heavy atom. The van der Waals surface area contributed by atoms with Crippen LogP contribution in [-0.2, 0) is 15.1 Å². The van der Waals surface area contributed by atoms with Crippen LogP contribution in [0.3, 0.4) is 0 Å².